The Morgan fingerprint density at radius 2 is 2.17 bits per heavy atom. The molecule has 0 aromatic heterocycles. The minimum atomic E-state index is -0.350. The SMILES string of the molecule is COC(=O)c1cccc([S-])c1.[W]. The first kappa shape index (κ1) is 11.6. The Morgan fingerprint density at radius 3 is 2.67 bits per heavy atom. The molecule has 1 aromatic rings. The predicted molar refractivity (Wildman–Crippen MR) is 43.4 cm³/mol. The Hall–Kier alpha value is -0.402. The molecule has 0 aliphatic rings. The molecule has 0 atom stereocenters. The molecule has 0 aliphatic carbocycles. The molecule has 0 aliphatic heterocycles. The third kappa shape index (κ3) is 2.92. The van der Waals surface area contributed by atoms with Gasteiger partial charge in [-0.15, -0.1) is 0 Å². The Balaban J connectivity index is 0.00000121. The van der Waals surface area contributed by atoms with Crippen LogP contribution >= 0.6 is 0 Å². The van der Waals surface area contributed by atoms with Crippen LogP contribution < -0.4 is 0 Å². The van der Waals surface area contributed by atoms with Gasteiger partial charge in [-0.05, 0) is 6.07 Å². The van der Waals surface area contributed by atoms with E-state index in [1.165, 1.54) is 7.11 Å². The van der Waals surface area contributed by atoms with Gasteiger partial charge >= 0.3 is 5.97 Å². The molecule has 0 radical (unpaired) electrons. The average molecular weight is 351 g/mol. The van der Waals surface area contributed by atoms with Gasteiger partial charge in [-0.1, -0.05) is 18.2 Å². The van der Waals surface area contributed by atoms with Crippen molar-refractivity contribution < 1.29 is 30.6 Å². The van der Waals surface area contributed by atoms with Gasteiger partial charge in [0.2, 0.25) is 0 Å². The van der Waals surface area contributed by atoms with Gasteiger partial charge in [0.15, 0.2) is 0 Å². The molecule has 0 heterocycles. The minimum absolute atomic E-state index is 0. The summed E-state index contributed by atoms with van der Waals surface area (Å²) in [6.45, 7) is 0. The number of hydrogen-bond donors (Lipinski definition) is 0. The van der Waals surface area contributed by atoms with Crippen LogP contribution in [0.25, 0.3) is 0 Å². The van der Waals surface area contributed by atoms with Crippen LogP contribution in [0.5, 0.6) is 0 Å². The van der Waals surface area contributed by atoms with Crippen molar-refractivity contribution in [3.63, 3.8) is 0 Å². The number of carbonyl (C=O) groups excluding carboxylic acids is 1. The smallest absolute Gasteiger partial charge is 0.337 e. The third-order valence-electron chi connectivity index (χ3n) is 1.26. The maximum Gasteiger partial charge on any atom is 0.337 e. The summed E-state index contributed by atoms with van der Waals surface area (Å²) in [5.41, 5.74) is 0.500. The summed E-state index contributed by atoms with van der Waals surface area (Å²) < 4.78 is 4.51. The summed E-state index contributed by atoms with van der Waals surface area (Å²) in [5, 5.41) is 0. The third-order valence-corrected chi connectivity index (χ3v) is 1.51. The molecule has 0 bridgehead atoms. The van der Waals surface area contributed by atoms with E-state index >= 15 is 0 Å². The van der Waals surface area contributed by atoms with Gasteiger partial charge in [-0.2, -0.15) is 4.90 Å². The fourth-order valence-electron chi connectivity index (χ4n) is 0.741. The monoisotopic (exact) mass is 351 g/mol. The zero-order chi connectivity index (χ0) is 8.27. The van der Waals surface area contributed by atoms with E-state index in [0.29, 0.717) is 10.5 Å². The van der Waals surface area contributed by atoms with E-state index in [-0.39, 0.29) is 27.0 Å². The maximum absolute atomic E-state index is 10.9. The summed E-state index contributed by atoms with van der Waals surface area (Å²) >= 11 is 4.86. The molecule has 0 unspecified atom stereocenters. The van der Waals surface area contributed by atoms with Crippen LogP contribution in [0.3, 0.4) is 0 Å². The second-order valence-electron chi connectivity index (χ2n) is 2.02. The molecular weight excluding hydrogens is 344 g/mol. The largest absolute Gasteiger partial charge is 0.780 e. The van der Waals surface area contributed by atoms with Crippen molar-refractivity contribution in [1.82, 2.24) is 0 Å². The van der Waals surface area contributed by atoms with Crippen LogP contribution in [0.2, 0.25) is 0 Å². The van der Waals surface area contributed by atoms with E-state index in [2.05, 4.69) is 4.74 Å². The van der Waals surface area contributed by atoms with Crippen LogP contribution in [0.15, 0.2) is 29.2 Å². The van der Waals surface area contributed by atoms with Gasteiger partial charge < -0.3 is 17.4 Å². The zero-order valence-corrected chi connectivity index (χ0v) is 10.2. The molecule has 0 N–H and O–H groups in total. The topological polar surface area (TPSA) is 26.3 Å². The standard InChI is InChI=1S/C8H8O2S.W/c1-10-8(9)6-3-2-4-7(11)5-6;/h2-5,11H,1H3;/p-1. The van der Waals surface area contributed by atoms with Crippen molar-refractivity contribution in [3.8, 4) is 0 Å². The van der Waals surface area contributed by atoms with E-state index < -0.39 is 0 Å². The molecule has 0 spiro atoms. The van der Waals surface area contributed by atoms with Gasteiger partial charge in [0.25, 0.3) is 0 Å². The zero-order valence-electron chi connectivity index (χ0n) is 6.44. The van der Waals surface area contributed by atoms with Gasteiger partial charge in [-0.3, -0.25) is 0 Å². The van der Waals surface area contributed by atoms with Crippen LogP contribution in [0.1, 0.15) is 10.4 Å². The van der Waals surface area contributed by atoms with Gasteiger partial charge in [0, 0.05) is 21.1 Å². The molecule has 0 fully saturated rings. The first-order valence-corrected chi connectivity index (χ1v) is 3.50. The molecule has 1 aromatic carbocycles. The van der Waals surface area contributed by atoms with Crippen LogP contribution in [-0.4, -0.2) is 13.1 Å². The van der Waals surface area contributed by atoms with Crippen molar-refractivity contribution in [2.75, 3.05) is 7.11 Å². The normalized spacial score (nSPS) is 8.42. The summed E-state index contributed by atoms with van der Waals surface area (Å²) in [5.74, 6) is -0.350. The minimum Gasteiger partial charge on any atom is -0.780 e. The Kier molecular flexibility index (Phi) is 5.10. The van der Waals surface area contributed by atoms with Crippen molar-refractivity contribution >= 4 is 18.6 Å². The molecule has 4 heteroatoms. The van der Waals surface area contributed by atoms with Crippen LogP contribution in [0, 0.1) is 0 Å². The number of carbonyl (C=O) groups is 1. The number of ether oxygens (including phenoxy) is 1. The van der Waals surface area contributed by atoms with E-state index in [9.17, 15) is 4.79 Å². The van der Waals surface area contributed by atoms with E-state index in [4.69, 9.17) is 12.6 Å². The summed E-state index contributed by atoms with van der Waals surface area (Å²) in [7, 11) is 1.35. The molecule has 1 rings (SSSR count). The summed E-state index contributed by atoms with van der Waals surface area (Å²) in [4.78, 5) is 11.5. The van der Waals surface area contributed by atoms with Crippen molar-refractivity contribution in [2.24, 2.45) is 0 Å². The quantitative estimate of drug-likeness (QED) is 0.565. The summed E-state index contributed by atoms with van der Waals surface area (Å²) in [6.07, 6.45) is 0. The molecular formula is C8H7O2SW-. The summed E-state index contributed by atoms with van der Waals surface area (Å²) in [6, 6.07) is 6.76. The Bertz CT molecular complexity index is 276. The van der Waals surface area contributed by atoms with Gasteiger partial charge in [-0.25, -0.2) is 4.79 Å². The molecule has 12 heavy (non-hydrogen) atoms. The molecule has 0 amide bonds. The first-order valence-electron chi connectivity index (χ1n) is 3.09. The van der Waals surface area contributed by atoms with Crippen molar-refractivity contribution in [3.05, 3.63) is 29.8 Å². The van der Waals surface area contributed by atoms with Gasteiger partial charge in [0.05, 0.1) is 12.7 Å². The number of hydrogen-bond acceptors (Lipinski definition) is 3. The molecule has 0 saturated carbocycles. The molecule has 2 nitrogen and oxygen atoms in total. The van der Waals surface area contributed by atoms with Crippen molar-refractivity contribution in [1.29, 1.82) is 0 Å². The second-order valence-corrected chi connectivity index (χ2v) is 2.49. The number of rotatable bonds is 1. The van der Waals surface area contributed by atoms with Crippen LogP contribution in [-0.2, 0) is 38.4 Å². The second kappa shape index (κ2) is 5.28. The van der Waals surface area contributed by atoms with E-state index in [1.54, 1.807) is 24.3 Å². The molecule has 64 valence electrons. The van der Waals surface area contributed by atoms with E-state index in [1.807, 2.05) is 0 Å². The molecule has 0 saturated heterocycles. The van der Waals surface area contributed by atoms with Crippen LogP contribution in [0.4, 0.5) is 0 Å². The fourth-order valence-corrected chi connectivity index (χ4v) is 0.946. The predicted octanol–water partition coefficient (Wildman–Crippen LogP) is 1.38. The number of methoxy groups -OCH3 is 1. The maximum atomic E-state index is 10.9. The Labute approximate surface area is 91.0 Å². The first-order chi connectivity index (χ1) is 5.24. The number of benzene rings is 1. The average Bonchev–Trinajstić information content (AvgIpc) is 2.03. The van der Waals surface area contributed by atoms with E-state index in [0.717, 1.165) is 0 Å². The fraction of sp³-hybridized carbons (Fsp3) is 0.125. The van der Waals surface area contributed by atoms with Gasteiger partial charge in [0.1, 0.15) is 0 Å². The Morgan fingerprint density at radius 1 is 1.50 bits per heavy atom. The number of esters is 1. The van der Waals surface area contributed by atoms with Crippen molar-refractivity contribution in [2.45, 2.75) is 4.90 Å².